The molecule has 0 atom stereocenters. The summed E-state index contributed by atoms with van der Waals surface area (Å²) in [5, 5.41) is 2.98. The number of ether oxygens (including phenoxy) is 1. The second-order valence-corrected chi connectivity index (χ2v) is 6.06. The zero-order chi connectivity index (χ0) is 17.1. The maximum absolute atomic E-state index is 12.0. The van der Waals surface area contributed by atoms with Gasteiger partial charge in [0.2, 0.25) is 5.91 Å². The number of nitrogens with one attached hydrogen (secondary N) is 2. The number of methoxy groups -OCH3 is 1. The second kappa shape index (κ2) is 6.79. The molecule has 2 amide bonds. The van der Waals surface area contributed by atoms with Crippen LogP contribution < -0.4 is 10.1 Å². The molecule has 0 aliphatic heterocycles. The van der Waals surface area contributed by atoms with Crippen LogP contribution in [0.2, 0.25) is 0 Å². The average molecular weight is 344 g/mol. The highest BCUT2D eigenvalue weighted by molar-refractivity contribution is 7.99. The van der Waals surface area contributed by atoms with E-state index >= 15 is 0 Å². The summed E-state index contributed by atoms with van der Waals surface area (Å²) < 4.78 is 6.82. The van der Waals surface area contributed by atoms with Crippen LogP contribution in [0.3, 0.4) is 0 Å². The molecule has 0 unspecified atom stereocenters. The highest BCUT2D eigenvalue weighted by atomic mass is 32.2. The van der Waals surface area contributed by atoms with E-state index in [1.54, 1.807) is 37.1 Å². The number of carbonyl (C=O) groups is 2. The van der Waals surface area contributed by atoms with Crippen molar-refractivity contribution in [1.29, 1.82) is 0 Å². The summed E-state index contributed by atoms with van der Waals surface area (Å²) in [7, 11) is 3.35. The number of hydrogen-bond donors (Lipinski definition) is 2. The number of benzene rings is 1. The quantitative estimate of drug-likeness (QED) is 0.691. The van der Waals surface area contributed by atoms with Crippen LogP contribution in [0.25, 0.3) is 11.0 Å². The average Bonchev–Trinajstić information content (AvgIpc) is 3.17. The minimum atomic E-state index is -0.414. The monoisotopic (exact) mass is 344 g/mol. The van der Waals surface area contributed by atoms with Gasteiger partial charge in [0.25, 0.3) is 5.91 Å². The molecular formula is C16H16N4O3S. The molecule has 0 saturated carbocycles. The third-order valence-electron chi connectivity index (χ3n) is 3.44. The fourth-order valence-electron chi connectivity index (χ4n) is 2.22. The van der Waals surface area contributed by atoms with Gasteiger partial charge in [-0.05, 0) is 24.3 Å². The summed E-state index contributed by atoms with van der Waals surface area (Å²) in [6, 6.07) is 8.90. The van der Waals surface area contributed by atoms with E-state index in [-0.39, 0.29) is 11.7 Å². The Kier molecular flexibility index (Phi) is 4.57. The van der Waals surface area contributed by atoms with Gasteiger partial charge in [-0.15, -0.1) is 0 Å². The zero-order valence-corrected chi connectivity index (χ0v) is 14.0. The van der Waals surface area contributed by atoms with E-state index in [0.717, 1.165) is 16.8 Å². The van der Waals surface area contributed by atoms with Crippen molar-refractivity contribution in [2.45, 2.75) is 5.16 Å². The van der Waals surface area contributed by atoms with E-state index in [1.165, 1.54) is 11.8 Å². The van der Waals surface area contributed by atoms with Gasteiger partial charge >= 0.3 is 0 Å². The minimum absolute atomic E-state index is 0.0904. The molecule has 2 N–H and O–H groups in total. The van der Waals surface area contributed by atoms with Crippen molar-refractivity contribution in [3.63, 3.8) is 0 Å². The molecule has 7 nitrogen and oxygen atoms in total. The summed E-state index contributed by atoms with van der Waals surface area (Å²) >= 11 is 1.23. The Bertz CT molecular complexity index is 900. The summed E-state index contributed by atoms with van der Waals surface area (Å²) in [6.45, 7) is 0. The highest BCUT2D eigenvalue weighted by Gasteiger charge is 2.14. The lowest BCUT2D eigenvalue weighted by Gasteiger charge is -2.04. The van der Waals surface area contributed by atoms with Crippen molar-refractivity contribution in [3.05, 3.63) is 42.2 Å². The fourth-order valence-corrected chi connectivity index (χ4v) is 2.90. The lowest BCUT2D eigenvalue weighted by molar-refractivity contribution is -0.117. The molecular weight excluding hydrogens is 328 g/mol. The molecule has 0 fully saturated rings. The van der Waals surface area contributed by atoms with E-state index < -0.39 is 5.91 Å². The van der Waals surface area contributed by atoms with Crippen LogP contribution in [0.15, 0.2) is 41.7 Å². The van der Waals surface area contributed by atoms with Crippen LogP contribution in [0.1, 0.15) is 10.5 Å². The smallest absolute Gasteiger partial charge is 0.274 e. The Labute approximate surface area is 142 Å². The normalized spacial score (nSPS) is 10.8. The number of H-pyrrole nitrogens is 1. The van der Waals surface area contributed by atoms with Crippen molar-refractivity contribution in [3.8, 4) is 5.75 Å². The number of imidazole rings is 1. The number of fused-ring (bicyclic) bond motifs is 1. The first-order valence-corrected chi connectivity index (χ1v) is 8.17. The topological polar surface area (TPSA) is 89.0 Å². The van der Waals surface area contributed by atoms with Crippen molar-refractivity contribution in [1.82, 2.24) is 19.9 Å². The lowest BCUT2D eigenvalue weighted by Crippen LogP contribution is -2.32. The molecule has 0 spiro atoms. The highest BCUT2D eigenvalue weighted by Crippen LogP contribution is 2.22. The molecule has 0 aliphatic rings. The number of nitrogens with zero attached hydrogens (tertiary/aromatic N) is 2. The van der Waals surface area contributed by atoms with Gasteiger partial charge in [0.05, 0.1) is 23.9 Å². The summed E-state index contributed by atoms with van der Waals surface area (Å²) in [6.07, 6.45) is 1.75. The molecule has 0 aliphatic carbocycles. The molecule has 0 radical (unpaired) electrons. The van der Waals surface area contributed by atoms with Gasteiger partial charge in [0, 0.05) is 19.3 Å². The van der Waals surface area contributed by atoms with Crippen molar-refractivity contribution >= 4 is 34.6 Å². The predicted octanol–water partition coefficient (Wildman–Crippen LogP) is 1.96. The number of hydrogen-bond acceptors (Lipinski definition) is 5. The van der Waals surface area contributed by atoms with Crippen molar-refractivity contribution in [2.75, 3.05) is 12.9 Å². The van der Waals surface area contributed by atoms with E-state index in [2.05, 4.69) is 15.3 Å². The molecule has 24 heavy (non-hydrogen) atoms. The van der Waals surface area contributed by atoms with Crippen LogP contribution in [-0.4, -0.2) is 39.2 Å². The second-order valence-electron chi connectivity index (χ2n) is 5.10. The molecule has 8 heteroatoms. The Morgan fingerprint density at radius 3 is 2.92 bits per heavy atom. The Morgan fingerprint density at radius 1 is 1.38 bits per heavy atom. The number of imide groups is 1. The number of aromatic amines is 1. The number of thioether (sulfide) groups is 1. The molecule has 2 aromatic heterocycles. The number of aryl methyl sites for hydroxylation is 1. The third-order valence-corrected chi connectivity index (χ3v) is 4.31. The molecule has 3 rings (SSSR count). The van der Waals surface area contributed by atoms with E-state index in [9.17, 15) is 9.59 Å². The van der Waals surface area contributed by atoms with Gasteiger partial charge in [-0.1, -0.05) is 11.8 Å². The third kappa shape index (κ3) is 3.43. The fraction of sp³-hybridized carbons (Fsp3) is 0.188. The van der Waals surface area contributed by atoms with E-state index in [1.807, 2.05) is 18.2 Å². The first-order chi connectivity index (χ1) is 11.6. The zero-order valence-electron chi connectivity index (χ0n) is 13.2. The molecule has 1 aromatic carbocycles. The maximum atomic E-state index is 12.0. The van der Waals surface area contributed by atoms with Crippen LogP contribution >= 0.6 is 11.8 Å². The number of aromatic nitrogens is 3. The Hall–Kier alpha value is -2.74. The van der Waals surface area contributed by atoms with E-state index in [4.69, 9.17) is 4.74 Å². The summed E-state index contributed by atoms with van der Waals surface area (Å²) in [5.74, 6) is 0.0351. The van der Waals surface area contributed by atoms with Gasteiger partial charge in [-0.2, -0.15) is 0 Å². The maximum Gasteiger partial charge on any atom is 0.274 e. The van der Waals surface area contributed by atoms with Gasteiger partial charge in [0.1, 0.15) is 11.4 Å². The Morgan fingerprint density at radius 2 is 2.21 bits per heavy atom. The number of carbonyl (C=O) groups excluding carboxylic acids is 2. The molecule has 2 heterocycles. The number of amides is 2. The molecule has 3 aromatic rings. The van der Waals surface area contributed by atoms with Gasteiger partial charge < -0.3 is 14.3 Å². The van der Waals surface area contributed by atoms with Crippen molar-refractivity contribution < 1.29 is 14.3 Å². The van der Waals surface area contributed by atoms with Crippen LogP contribution in [0, 0.1) is 0 Å². The van der Waals surface area contributed by atoms with Gasteiger partial charge in [0.15, 0.2) is 5.16 Å². The molecule has 0 bridgehead atoms. The van der Waals surface area contributed by atoms with Gasteiger partial charge in [-0.3, -0.25) is 14.9 Å². The SMILES string of the molecule is COc1ccc2nc(SCC(=O)NC(=O)c3cccn3C)[nH]c2c1. The van der Waals surface area contributed by atoms with Gasteiger partial charge in [-0.25, -0.2) is 4.98 Å². The standard InChI is InChI=1S/C16H16N4O3S/c1-20-7-3-4-13(20)15(22)19-14(21)9-24-16-17-11-6-5-10(23-2)8-12(11)18-16/h3-8H,9H2,1-2H3,(H,17,18)(H,19,21,22). The lowest BCUT2D eigenvalue weighted by atomic mass is 10.3. The summed E-state index contributed by atoms with van der Waals surface area (Å²) in [4.78, 5) is 31.4. The summed E-state index contributed by atoms with van der Waals surface area (Å²) in [5.41, 5.74) is 2.06. The number of rotatable bonds is 5. The molecule has 124 valence electrons. The van der Waals surface area contributed by atoms with Crippen LogP contribution in [0.5, 0.6) is 5.75 Å². The molecule has 0 saturated heterocycles. The first-order valence-electron chi connectivity index (χ1n) is 7.19. The van der Waals surface area contributed by atoms with Crippen molar-refractivity contribution in [2.24, 2.45) is 7.05 Å². The first kappa shape index (κ1) is 16.1. The van der Waals surface area contributed by atoms with Crippen LogP contribution in [-0.2, 0) is 11.8 Å². The minimum Gasteiger partial charge on any atom is -0.497 e. The largest absolute Gasteiger partial charge is 0.497 e. The van der Waals surface area contributed by atoms with Crippen LogP contribution in [0.4, 0.5) is 0 Å². The van der Waals surface area contributed by atoms with E-state index in [0.29, 0.717) is 10.9 Å². The Balaban J connectivity index is 1.60. The predicted molar refractivity (Wildman–Crippen MR) is 91.3 cm³/mol.